The smallest absolute Gasteiger partial charge is 1.00 e. The first kappa shape index (κ1) is 40.9. The zero-order valence-corrected chi connectivity index (χ0v) is 34.8. The molecule has 0 unspecified atom stereocenters. The molecular formula is C47H42Br2N2NiO2. The molecule has 0 fully saturated rings. The van der Waals surface area contributed by atoms with Crippen LogP contribution in [-0.2, 0) is 37.2 Å². The zero-order chi connectivity index (χ0) is 35.0. The average molecular weight is 885 g/mol. The van der Waals surface area contributed by atoms with Gasteiger partial charge in [0.05, 0.1) is 6.42 Å². The van der Waals surface area contributed by atoms with Gasteiger partial charge in [-0.05, 0) is 61.1 Å². The van der Waals surface area contributed by atoms with E-state index in [1.54, 1.807) is 0 Å². The van der Waals surface area contributed by atoms with Crippen molar-refractivity contribution in [3.8, 4) is 0 Å². The Bertz CT molecular complexity index is 2020. The Morgan fingerprint density at radius 3 is 0.944 bits per heavy atom. The number of aryl methyl sites for hydroxylation is 4. The van der Waals surface area contributed by atoms with Crippen LogP contribution in [-0.4, -0.2) is 11.8 Å². The van der Waals surface area contributed by atoms with E-state index in [1.165, 1.54) is 0 Å². The fourth-order valence-corrected chi connectivity index (χ4v) is 8.25. The van der Waals surface area contributed by atoms with Crippen molar-refractivity contribution in [1.82, 2.24) is 0 Å². The van der Waals surface area contributed by atoms with Gasteiger partial charge >= 0.3 is 16.5 Å². The fourth-order valence-electron chi connectivity index (χ4n) is 8.25. The summed E-state index contributed by atoms with van der Waals surface area (Å²) in [4.78, 5) is 10.9. The van der Waals surface area contributed by atoms with Crippen LogP contribution in [0.2, 0.25) is 0 Å². The van der Waals surface area contributed by atoms with Gasteiger partial charge in [0.25, 0.3) is 0 Å². The van der Waals surface area contributed by atoms with Gasteiger partial charge in [0.1, 0.15) is 12.1 Å². The summed E-state index contributed by atoms with van der Waals surface area (Å²) in [6.07, 6.45) is 0.311. The predicted octanol–water partition coefficient (Wildman–Crippen LogP) is 4.84. The molecular weight excluding hydrogens is 843 g/mol. The molecule has 2 atom stereocenters. The maximum atomic E-state index is 7.37. The molecule has 54 heavy (non-hydrogen) atoms. The first-order valence-electron chi connectivity index (χ1n) is 17.8. The second-order valence-electron chi connectivity index (χ2n) is 13.8. The summed E-state index contributed by atoms with van der Waals surface area (Å²) in [7, 11) is 0. The molecule has 2 aliphatic rings. The van der Waals surface area contributed by atoms with Crippen LogP contribution in [0, 0.1) is 27.7 Å². The molecule has 0 bridgehead atoms. The van der Waals surface area contributed by atoms with E-state index < -0.39 is 11.2 Å². The Morgan fingerprint density at radius 1 is 0.407 bits per heavy atom. The minimum atomic E-state index is -0.894. The van der Waals surface area contributed by atoms with E-state index in [9.17, 15) is 0 Å². The second-order valence-corrected chi connectivity index (χ2v) is 13.8. The number of benzene rings is 6. The van der Waals surface area contributed by atoms with Gasteiger partial charge in [-0.2, -0.15) is 0 Å². The van der Waals surface area contributed by atoms with Crippen LogP contribution in [0.5, 0.6) is 0 Å². The van der Waals surface area contributed by atoms with Crippen molar-refractivity contribution in [3.05, 3.63) is 213 Å². The summed E-state index contributed by atoms with van der Waals surface area (Å²) in [6, 6.07) is 54.5. The number of rotatable bonds is 8. The number of hydrogen-bond donors (Lipinski definition) is 0. The molecule has 6 aromatic rings. The third kappa shape index (κ3) is 7.03. The maximum absolute atomic E-state index is 7.37. The summed E-state index contributed by atoms with van der Waals surface area (Å²) in [5.74, 6) is 1.21. The summed E-state index contributed by atoms with van der Waals surface area (Å²) < 4.78 is 14.7. The zero-order valence-electron chi connectivity index (χ0n) is 30.7. The first-order chi connectivity index (χ1) is 24.9. The van der Waals surface area contributed by atoms with Gasteiger partial charge in [0.15, 0.2) is 23.0 Å². The van der Waals surface area contributed by atoms with Crippen LogP contribution in [0.25, 0.3) is 0 Å². The van der Waals surface area contributed by atoms with Crippen LogP contribution in [0.15, 0.2) is 168 Å². The van der Waals surface area contributed by atoms with Crippen LogP contribution >= 0.6 is 0 Å². The molecule has 8 rings (SSSR count). The normalized spacial score (nSPS) is 17.7. The fraction of sp³-hybridized carbons (Fsp3) is 0.191. The van der Waals surface area contributed by atoms with Crippen molar-refractivity contribution in [1.29, 1.82) is 0 Å². The van der Waals surface area contributed by atoms with Crippen molar-refractivity contribution in [2.45, 2.75) is 57.4 Å². The maximum Gasteiger partial charge on any atom is 2.00 e. The van der Waals surface area contributed by atoms with Crippen LogP contribution < -0.4 is 34.0 Å². The molecule has 276 valence electrons. The second kappa shape index (κ2) is 17.0. The first-order valence-corrected chi connectivity index (χ1v) is 17.8. The Hall–Kier alpha value is -4.29. The monoisotopic (exact) mass is 882 g/mol. The van der Waals surface area contributed by atoms with Crippen molar-refractivity contribution >= 4 is 11.8 Å². The molecule has 2 heterocycles. The molecule has 0 radical (unpaired) electrons. The van der Waals surface area contributed by atoms with Crippen molar-refractivity contribution in [2.75, 3.05) is 0 Å². The Morgan fingerprint density at radius 2 is 0.667 bits per heavy atom. The van der Waals surface area contributed by atoms with Gasteiger partial charge in [-0.15, -0.1) is 0 Å². The summed E-state index contributed by atoms with van der Waals surface area (Å²) in [6.45, 7) is 8.64. The van der Waals surface area contributed by atoms with Crippen molar-refractivity contribution < 1.29 is 59.9 Å². The van der Waals surface area contributed by atoms with Crippen molar-refractivity contribution in [3.63, 3.8) is 0 Å². The van der Waals surface area contributed by atoms with Gasteiger partial charge in [0.2, 0.25) is 0 Å². The SMILES string of the molecule is Cc1ccccc1C1(c2ccccc2C)OC(CC2=N[C@H](c3ccccc3)C(c3ccccc3C)(c3ccccc3C)O2)=N[C@@H]1c1ccccc1.[Br-].[Br-].[Ni+2]. The predicted molar refractivity (Wildman–Crippen MR) is 206 cm³/mol. The number of ether oxygens (including phenoxy) is 2. The molecule has 0 saturated carbocycles. The number of halogens is 2. The minimum absolute atomic E-state index is 0. The third-order valence-electron chi connectivity index (χ3n) is 10.6. The van der Waals surface area contributed by atoms with E-state index in [4.69, 9.17) is 19.5 Å². The molecule has 0 saturated heterocycles. The number of nitrogens with zero attached hydrogens (tertiary/aromatic N) is 2. The number of hydrogen-bond acceptors (Lipinski definition) is 4. The molecule has 7 heteroatoms. The summed E-state index contributed by atoms with van der Waals surface area (Å²) in [5, 5.41) is 0. The van der Waals surface area contributed by atoms with E-state index in [0.29, 0.717) is 18.2 Å². The topological polar surface area (TPSA) is 43.2 Å². The molecule has 6 aromatic carbocycles. The van der Waals surface area contributed by atoms with Crippen LogP contribution in [0.4, 0.5) is 0 Å². The molecule has 0 aromatic heterocycles. The van der Waals surface area contributed by atoms with Crippen LogP contribution in [0.3, 0.4) is 0 Å². The quantitative estimate of drug-likeness (QED) is 0.206. The third-order valence-corrected chi connectivity index (χ3v) is 10.6. The van der Waals surface area contributed by atoms with E-state index in [0.717, 1.165) is 55.6 Å². The molecule has 0 spiro atoms. The molecule has 0 N–H and O–H groups in total. The standard InChI is InChI=1S/C47H42N2O2.2BrH.Ni/c1-32-19-11-15-27-38(32)46(39-28-16-12-20-33(39)2)44(36-23-7-5-8-24-36)48-42(50-46)31-43-49-45(37-25-9-6-10-26-37)47(51-43,40-29-17-13-21-34(40)3)41-30-18-14-22-35(41)4;;;/h5-30,44-45H,31H2,1-4H3;2*1H;/q;;;+2/p-2/t44-,45-;;;/m1.../s1. The van der Waals surface area contributed by atoms with E-state index >= 15 is 0 Å². The Labute approximate surface area is 350 Å². The minimum Gasteiger partial charge on any atom is -1.00 e. The molecule has 4 nitrogen and oxygen atoms in total. The molecule has 0 amide bonds. The molecule has 2 aliphatic heterocycles. The van der Waals surface area contributed by atoms with Gasteiger partial charge in [0, 0.05) is 22.3 Å². The largest absolute Gasteiger partial charge is 2.00 e. The van der Waals surface area contributed by atoms with E-state index in [-0.39, 0.29) is 62.5 Å². The van der Waals surface area contributed by atoms with Crippen LogP contribution in [0.1, 0.15) is 74.1 Å². The summed E-state index contributed by atoms with van der Waals surface area (Å²) >= 11 is 0. The average Bonchev–Trinajstić information content (AvgIpc) is 3.73. The van der Waals surface area contributed by atoms with E-state index in [2.05, 4.69) is 185 Å². The number of aliphatic imine (C=N–C) groups is 2. The van der Waals surface area contributed by atoms with Gasteiger partial charge in [-0.3, -0.25) is 0 Å². The van der Waals surface area contributed by atoms with Gasteiger partial charge in [-0.1, -0.05) is 158 Å². The van der Waals surface area contributed by atoms with Crippen molar-refractivity contribution in [2.24, 2.45) is 9.98 Å². The summed E-state index contributed by atoms with van der Waals surface area (Å²) in [5.41, 5.74) is 9.36. The Balaban J connectivity index is 0.00000187. The van der Waals surface area contributed by atoms with Gasteiger partial charge < -0.3 is 43.4 Å². The van der Waals surface area contributed by atoms with E-state index in [1.807, 2.05) is 0 Å². The van der Waals surface area contributed by atoms with Gasteiger partial charge in [-0.25, -0.2) is 9.98 Å². The Kier molecular flexibility index (Phi) is 12.9. The molecule has 0 aliphatic carbocycles.